The average Bonchev–Trinajstić information content (AvgIpc) is 2.53. The molecule has 0 saturated carbocycles. The first-order chi connectivity index (χ1) is 7.49. The molecule has 3 nitrogen and oxygen atoms in total. The topological polar surface area (TPSA) is 45.8 Å². The van der Waals surface area contributed by atoms with Crippen molar-refractivity contribution < 1.29 is 4.39 Å². The van der Waals surface area contributed by atoms with Gasteiger partial charge in [-0.2, -0.15) is 4.39 Å². The average molecular weight is 238 g/mol. The molecule has 2 heterocycles. The van der Waals surface area contributed by atoms with Gasteiger partial charge in [-0.3, -0.25) is 4.79 Å². The number of hydrogen-bond acceptors (Lipinski definition) is 3. The molecule has 0 saturated heterocycles. The van der Waals surface area contributed by atoms with E-state index in [0.717, 1.165) is 15.3 Å². The molecule has 0 aliphatic heterocycles. The fourth-order valence-corrected chi connectivity index (χ4v) is 2.49. The van der Waals surface area contributed by atoms with Crippen LogP contribution in [-0.2, 0) is 0 Å². The maximum atomic E-state index is 13.1. The largest absolute Gasteiger partial charge is 0.304 e. The van der Waals surface area contributed by atoms with Gasteiger partial charge in [0.2, 0.25) is 5.82 Å². The van der Waals surface area contributed by atoms with E-state index in [2.05, 4.69) is 9.97 Å². The Labute approximate surface area is 96.0 Å². The van der Waals surface area contributed by atoms with Crippen LogP contribution in [-0.4, -0.2) is 9.97 Å². The number of aryl methyl sites for hydroxylation is 3. The van der Waals surface area contributed by atoms with Gasteiger partial charge < -0.3 is 4.98 Å². The number of nitrogens with zero attached hydrogens (tertiary/aromatic N) is 1. The molecule has 0 amide bonds. The summed E-state index contributed by atoms with van der Waals surface area (Å²) in [5.74, 6) is -0.376. The van der Waals surface area contributed by atoms with E-state index in [1.807, 2.05) is 19.9 Å². The zero-order valence-corrected chi connectivity index (χ0v) is 10.0. The first-order valence-corrected chi connectivity index (χ1v) is 5.64. The third kappa shape index (κ3) is 1.78. The quantitative estimate of drug-likeness (QED) is 0.830. The third-order valence-corrected chi connectivity index (χ3v) is 3.29. The van der Waals surface area contributed by atoms with Gasteiger partial charge in [0.25, 0.3) is 5.56 Å². The molecule has 0 fully saturated rings. The van der Waals surface area contributed by atoms with E-state index in [0.29, 0.717) is 5.82 Å². The van der Waals surface area contributed by atoms with Crippen molar-refractivity contribution >= 4 is 11.3 Å². The molecule has 0 unspecified atom stereocenters. The Morgan fingerprint density at radius 3 is 2.56 bits per heavy atom. The lowest BCUT2D eigenvalue weighted by Gasteiger charge is -2.01. The molecule has 0 aliphatic carbocycles. The van der Waals surface area contributed by atoms with Crippen LogP contribution in [0, 0.1) is 26.6 Å². The van der Waals surface area contributed by atoms with Crippen LogP contribution >= 0.6 is 11.3 Å². The first kappa shape index (κ1) is 11.0. The molecule has 0 aromatic carbocycles. The number of H-pyrrole nitrogens is 1. The molecule has 16 heavy (non-hydrogen) atoms. The van der Waals surface area contributed by atoms with E-state index in [-0.39, 0.29) is 5.69 Å². The van der Waals surface area contributed by atoms with Crippen molar-refractivity contribution in [2.45, 2.75) is 20.8 Å². The monoisotopic (exact) mass is 238 g/mol. The predicted molar refractivity (Wildman–Crippen MR) is 62.3 cm³/mol. The maximum absolute atomic E-state index is 13.1. The summed E-state index contributed by atoms with van der Waals surface area (Å²) in [5, 5.41) is 0. The van der Waals surface area contributed by atoms with Crippen molar-refractivity contribution in [2.24, 2.45) is 0 Å². The molecule has 5 heteroatoms. The summed E-state index contributed by atoms with van der Waals surface area (Å²) in [5.41, 5.74) is 0.274. The summed E-state index contributed by atoms with van der Waals surface area (Å²) in [6.07, 6.45) is 0. The minimum absolute atomic E-state index is 0.127. The number of aromatic amines is 1. The van der Waals surface area contributed by atoms with Crippen LogP contribution in [0.25, 0.3) is 11.4 Å². The smallest absolute Gasteiger partial charge is 0.287 e. The van der Waals surface area contributed by atoms with Crippen LogP contribution in [0.4, 0.5) is 4.39 Å². The predicted octanol–water partition coefficient (Wildman–Crippen LogP) is 2.56. The van der Waals surface area contributed by atoms with Gasteiger partial charge in [0.05, 0.1) is 5.69 Å². The molecule has 0 aliphatic rings. The van der Waals surface area contributed by atoms with E-state index in [4.69, 9.17) is 0 Å². The highest BCUT2D eigenvalue weighted by Crippen LogP contribution is 2.27. The van der Waals surface area contributed by atoms with E-state index < -0.39 is 11.4 Å². The third-order valence-electron chi connectivity index (χ3n) is 2.32. The van der Waals surface area contributed by atoms with Gasteiger partial charge in [-0.15, -0.1) is 11.3 Å². The minimum atomic E-state index is -0.812. The summed E-state index contributed by atoms with van der Waals surface area (Å²) >= 11 is 1.62. The second-order valence-corrected chi connectivity index (χ2v) is 5.10. The van der Waals surface area contributed by atoms with Crippen LogP contribution in [0.5, 0.6) is 0 Å². The molecule has 2 aromatic rings. The molecular weight excluding hydrogens is 227 g/mol. The minimum Gasteiger partial charge on any atom is -0.304 e. The molecule has 0 spiro atoms. The zero-order valence-electron chi connectivity index (χ0n) is 9.22. The highest BCUT2D eigenvalue weighted by Gasteiger charge is 2.12. The number of aromatic nitrogens is 2. The second kappa shape index (κ2) is 3.83. The van der Waals surface area contributed by atoms with Crippen LogP contribution in [0.2, 0.25) is 0 Å². The van der Waals surface area contributed by atoms with E-state index in [9.17, 15) is 9.18 Å². The molecule has 0 radical (unpaired) electrons. The molecule has 0 bridgehead atoms. The molecular formula is C11H11FN2OS. The van der Waals surface area contributed by atoms with Crippen LogP contribution in [0.15, 0.2) is 10.9 Å². The van der Waals surface area contributed by atoms with Gasteiger partial charge in [0.1, 0.15) is 5.82 Å². The Hall–Kier alpha value is -1.49. The lowest BCUT2D eigenvalue weighted by atomic mass is 10.2. The summed E-state index contributed by atoms with van der Waals surface area (Å²) in [7, 11) is 0. The highest BCUT2D eigenvalue weighted by atomic mass is 32.1. The van der Waals surface area contributed by atoms with Crippen molar-refractivity contribution in [3.8, 4) is 11.4 Å². The van der Waals surface area contributed by atoms with Gasteiger partial charge in [-0.1, -0.05) is 0 Å². The van der Waals surface area contributed by atoms with Gasteiger partial charge >= 0.3 is 0 Å². The fourth-order valence-electron chi connectivity index (χ4n) is 1.56. The van der Waals surface area contributed by atoms with Crippen LogP contribution < -0.4 is 5.56 Å². The zero-order chi connectivity index (χ0) is 11.9. The Bertz CT molecular complexity index is 601. The van der Waals surface area contributed by atoms with Gasteiger partial charge in [-0.25, -0.2) is 4.98 Å². The van der Waals surface area contributed by atoms with E-state index in [1.165, 1.54) is 6.92 Å². The summed E-state index contributed by atoms with van der Waals surface area (Å²) in [6.45, 7) is 5.42. The number of nitrogens with one attached hydrogen (secondary N) is 1. The van der Waals surface area contributed by atoms with Crippen molar-refractivity contribution in [1.29, 1.82) is 0 Å². The SMILES string of the molecule is Cc1cc(-c2nc(C)c(F)c(=O)[nH]2)c(C)s1. The van der Waals surface area contributed by atoms with Gasteiger partial charge in [0.15, 0.2) is 0 Å². The number of rotatable bonds is 1. The Morgan fingerprint density at radius 1 is 1.38 bits per heavy atom. The normalized spacial score (nSPS) is 10.8. The Balaban J connectivity index is 2.66. The summed E-state index contributed by atoms with van der Waals surface area (Å²) in [6, 6.07) is 1.94. The van der Waals surface area contributed by atoms with Crippen LogP contribution in [0.3, 0.4) is 0 Å². The van der Waals surface area contributed by atoms with Gasteiger partial charge in [0, 0.05) is 15.3 Å². The lowest BCUT2D eigenvalue weighted by molar-refractivity contribution is 0.589. The number of hydrogen-bond donors (Lipinski definition) is 1. The maximum Gasteiger partial charge on any atom is 0.287 e. The molecule has 84 valence electrons. The summed E-state index contributed by atoms with van der Waals surface area (Å²) in [4.78, 5) is 20.0. The molecule has 2 rings (SSSR count). The van der Waals surface area contributed by atoms with Gasteiger partial charge in [-0.05, 0) is 26.8 Å². The highest BCUT2D eigenvalue weighted by molar-refractivity contribution is 7.12. The fraction of sp³-hybridized carbons (Fsp3) is 0.273. The second-order valence-electron chi connectivity index (χ2n) is 3.64. The Morgan fingerprint density at radius 2 is 2.06 bits per heavy atom. The van der Waals surface area contributed by atoms with Crippen molar-refractivity contribution in [1.82, 2.24) is 9.97 Å². The molecule has 1 N–H and O–H groups in total. The standard InChI is InChI=1S/C11H11FN2OS/c1-5-4-8(7(3)16-5)10-13-6(2)9(12)11(15)14-10/h4H,1-3H3,(H,13,14,15). The van der Waals surface area contributed by atoms with E-state index >= 15 is 0 Å². The van der Waals surface area contributed by atoms with E-state index in [1.54, 1.807) is 11.3 Å². The lowest BCUT2D eigenvalue weighted by Crippen LogP contribution is -2.15. The number of thiophene rings is 1. The Kier molecular flexibility index (Phi) is 2.63. The van der Waals surface area contributed by atoms with Crippen molar-refractivity contribution in [3.05, 3.63) is 37.7 Å². The summed E-state index contributed by atoms with van der Waals surface area (Å²) < 4.78 is 13.1. The molecule has 0 atom stereocenters. The van der Waals surface area contributed by atoms with Crippen molar-refractivity contribution in [2.75, 3.05) is 0 Å². The molecule has 2 aromatic heterocycles. The number of halogens is 1. The van der Waals surface area contributed by atoms with Crippen molar-refractivity contribution in [3.63, 3.8) is 0 Å². The first-order valence-electron chi connectivity index (χ1n) is 4.83. The van der Waals surface area contributed by atoms with Crippen LogP contribution in [0.1, 0.15) is 15.4 Å².